The van der Waals surface area contributed by atoms with Crippen molar-refractivity contribution >= 4 is 0 Å². The number of aromatic nitrogens is 2. The van der Waals surface area contributed by atoms with Crippen molar-refractivity contribution in [2.45, 2.75) is 71.3 Å². The fraction of sp³-hybridized carbons (Fsp3) is 0.867. The minimum absolute atomic E-state index is 0.299. The van der Waals surface area contributed by atoms with Crippen LogP contribution >= 0.6 is 0 Å². The van der Waals surface area contributed by atoms with Crippen molar-refractivity contribution in [2.24, 2.45) is 5.92 Å². The molecule has 4 nitrogen and oxygen atoms in total. The average molecular weight is 265 g/mol. The monoisotopic (exact) mass is 265 g/mol. The summed E-state index contributed by atoms with van der Waals surface area (Å²) in [5.74, 6) is 3.08. The molecule has 2 atom stereocenters. The average Bonchev–Trinajstić information content (AvgIpc) is 2.72. The van der Waals surface area contributed by atoms with Crippen molar-refractivity contribution in [1.82, 2.24) is 15.5 Å². The van der Waals surface area contributed by atoms with Gasteiger partial charge >= 0.3 is 0 Å². The number of rotatable bonds is 7. The summed E-state index contributed by atoms with van der Waals surface area (Å²) in [6, 6.07) is 0.370. The van der Waals surface area contributed by atoms with E-state index in [9.17, 15) is 0 Å². The quantitative estimate of drug-likeness (QED) is 0.820. The van der Waals surface area contributed by atoms with Crippen molar-refractivity contribution in [3.05, 3.63) is 11.7 Å². The molecule has 2 rings (SSSR count). The Hall–Kier alpha value is -0.900. The minimum atomic E-state index is 0.299. The van der Waals surface area contributed by atoms with Crippen LogP contribution in [0.2, 0.25) is 0 Å². The topological polar surface area (TPSA) is 51.0 Å². The molecule has 4 heteroatoms. The van der Waals surface area contributed by atoms with E-state index >= 15 is 0 Å². The molecule has 1 aromatic heterocycles. The van der Waals surface area contributed by atoms with Gasteiger partial charge in [-0.2, -0.15) is 4.98 Å². The van der Waals surface area contributed by atoms with E-state index in [1.807, 2.05) is 0 Å². The molecule has 1 aliphatic rings. The summed E-state index contributed by atoms with van der Waals surface area (Å²) >= 11 is 0. The first-order valence-corrected chi connectivity index (χ1v) is 7.70. The van der Waals surface area contributed by atoms with E-state index in [2.05, 4.69) is 43.2 Å². The Morgan fingerprint density at radius 1 is 1.32 bits per heavy atom. The lowest BCUT2D eigenvalue weighted by atomic mass is 9.85. The normalized spacial score (nSPS) is 19.4. The van der Waals surface area contributed by atoms with Gasteiger partial charge in [0.05, 0.1) is 5.92 Å². The standard InChI is InChI=1S/C15H27N3O/c1-5-9-16-11(4)13(10(2)3)15-17-14(18-19-15)12-7-6-8-12/h10-13,16H,5-9H2,1-4H3. The molecule has 1 heterocycles. The van der Waals surface area contributed by atoms with Crippen molar-refractivity contribution in [3.8, 4) is 0 Å². The first-order valence-electron chi connectivity index (χ1n) is 7.70. The van der Waals surface area contributed by atoms with Crippen molar-refractivity contribution < 1.29 is 4.52 Å². The number of nitrogens with one attached hydrogen (secondary N) is 1. The minimum Gasteiger partial charge on any atom is -0.339 e. The van der Waals surface area contributed by atoms with Crippen LogP contribution < -0.4 is 5.32 Å². The van der Waals surface area contributed by atoms with Gasteiger partial charge in [0.25, 0.3) is 0 Å². The zero-order valence-corrected chi connectivity index (χ0v) is 12.6. The molecule has 0 spiro atoms. The third-order valence-electron chi connectivity index (χ3n) is 4.19. The number of hydrogen-bond donors (Lipinski definition) is 1. The lowest BCUT2D eigenvalue weighted by Gasteiger charge is -2.25. The summed E-state index contributed by atoms with van der Waals surface area (Å²) in [7, 11) is 0. The lowest BCUT2D eigenvalue weighted by molar-refractivity contribution is 0.276. The van der Waals surface area contributed by atoms with E-state index < -0.39 is 0 Å². The molecule has 0 aliphatic heterocycles. The second-order valence-corrected chi connectivity index (χ2v) is 6.13. The molecular weight excluding hydrogens is 238 g/mol. The highest BCUT2D eigenvalue weighted by atomic mass is 16.5. The molecule has 1 N–H and O–H groups in total. The van der Waals surface area contributed by atoms with Gasteiger partial charge in [0.15, 0.2) is 5.82 Å². The molecule has 2 unspecified atom stereocenters. The summed E-state index contributed by atoms with van der Waals surface area (Å²) in [5, 5.41) is 7.74. The predicted octanol–water partition coefficient (Wildman–Crippen LogP) is 3.46. The summed E-state index contributed by atoms with van der Waals surface area (Å²) in [6.45, 7) is 9.89. The SMILES string of the molecule is CCCNC(C)C(c1nc(C2CCC2)no1)C(C)C. The van der Waals surface area contributed by atoms with Gasteiger partial charge in [-0.15, -0.1) is 0 Å². The van der Waals surface area contributed by atoms with E-state index in [4.69, 9.17) is 4.52 Å². The molecule has 19 heavy (non-hydrogen) atoms. The van der Waals surface area contributed by atoms with Gasteiger partial charge in [0.2, 0.25) is 5.89 Å². The van der Waals surface area contributed by atoms with Crippen LogP contribution in [0.1, 0.15) is 76.9 Å². The number of hydrogen-bond acceptors (Lipinski definition) is 4. The third-order valence-corrected chi connectivity index (χ3v) is 4.19. The van der Waals surface area contributed by atoms with Gasteiger partial charge in [-0.05, 0) is 38.6 Å². The third kappa shape index (κ3) is 3.35. The van der Waals surface area contributed by atoms with E-state index in [0.29, 0.717) is 23.8 Å². The van der Waals surface area contributed by atoms with Crippen molar-refractivity contribution in [3.63, 3.8) is 0 Å². The van der Waals surface area contributed by atoms with Gasteiger partial charge in [0, 0.05) is 12.0 Å². The molecule has 1 fully saturated rings. The van der Waals surface area contributed by atoms with Crippen LogP contribution in [0.5, 0.6) is 0 Å². The van der Waals surface area contributed by atoms with Gasteiger partial charge in [-0.25, -0.2) is 0 Å². The largest absolute Gasteiger partial charge is 0.339 e. The molecule has 0 amide bonds. The van der Waals surface area contributed by atoms with Crippen LogP contribution in [-0.2, 0) is 0 Å². The molecule has 1 aliphatic carbocycles. The molecule has 0 aromatic carbocycles. The fourth-order valence-corrected chi connectivity index (χ4v) is 2.79. The van der Waals surface area contributed by atoms with Crippen LogP contribution in [0.25, 0.3) is 0 Å². The zero-order chi connectivity index (χ0) is 13.8. The van der Waals surface area contributed by atoms with Crippen LogP contribution in [0, 0.1) is 5.92 Å². The first-order chi connectivity index (χ1) is 9.13. The van der Waals surface area contributed by atoms with E-state index in [1.165, 1.54) is 19.3 Å². The highest BCUT2D eigenvalue weighted by molar-refractivity contribution is 5.05. The fourth-order valence-electron chi connectivity index (χ4n) is 2.79. The Labute approximate surface area is 116 Å². The number of nitrogens with zero attached hydrogens (tertiary/aromatic N) is 2. The van der Waals surface area contributed by atoms with Crippen LogP contribution in [0.15, 0.2) is 4.52 Å². The summed E-state index contributed by atoms with van der Waals surface area (Å²) in [6.07, 6.45) is 4.88. The van der Waals surface area contributed by atoms with Crippen LogP contribution in [-0.4, -0.2) is 22.7 Å². The molecule has 0 bridgehead atoms. The molecule has 0 radical (unpaired) electrons. The maximum Gasteiger partial charge on any atom is 0.231 e. The van der Waals surface area contributed by atoms with Gasteiger partial charge in [-0.1, -0.05) is 32.3 Å². The Morgan fingerprint density at radius 2 is 2.05 bits per heavy atom. The lowest BCUT2D eigenvalue weighted by Crippen LogP contribution is -2.35. The van der Waals surface area contributed by atoms with E-state index in [0.717, 1.165) is 24.7 Å². The second-order valence-electron chi connectivity index (χ2n) is 6.13. The maximum atomic E-state index is 5.54. The van der Waals surface area contributed by atoms with Crippen molar-refractivity contribution in [2.75, 3.05) is 6.54 Å². The summed E-state index contributed by atoms with van der Waals surface area (Å²) in [5.41, 5.74) is 0. The van der Waals surface area contributed by atoms with Crippen LogP contribution in [0.3, 0.4) is 0 Å². The summed E-state index contributed by atoms with van der Waals surface area (Å²) < 4.78 is 5.54. The highest BCUT2D eigenvalue weighted by Crippen LogP contribution is 2.36. The molecule has 1 saturated carbocycles. The Balaban J connectivity index is 2.07. The van der Waals surface area contributed by atoms with Crippen LogP contribution in [0.4, 0.5) is 0 Å². The highest BCUT2D eigenvalue weighted by Gasteiger charge is 2.30. The molecular formula is C15H27N3O. The smallest absolute Gasteiger partial charge is 0.231 e. The van der Waals surface area contributed by atoms with Gasteiger partial charge < -0.3 is 9.84 Å². The first kappa shape index (κ1) is 14.5. The maximum absolute atomic E-state index is 5.54. The van der Waals surface area contributed by atoms with Crippen molar-refractivity contribution in [1.29, 1.82) is 0 Å². The van der Waals surface area contributed by atoms with E-state index in [1.54, 1.807) is 0 Å². The molecule has 1 aromatic rings. The Morgan fingerprint density at radius 3 is 2.58 bits per heavy atom. The molecule has 108 valence electrons. The zero-order valence-electron chi connectivity index (χ0n) is 12.6. The molecule has 0 saturated heterocycles. The van der Waals surface area contributed by atoms with Gasteiger partial charge in [0.1, 0.15) is 0 Å². The van der Waals surface area contributed by atoms with E-state index in [-0.39, 0.29) is 0 Å². The predicted molar refractivity (Wildman–Crippen MR) is 76.2 cm³/mol. The summed E-state index contributed by atoms with van der Waals surface area (Å²) in [4.78, 5) is 4.67. The Bertz CT molecular complexity index is 384. The Kier molecular flexibility index (Phi) is 4.97. The van der Waals surface area contributed by atoms with Gasteiger partial charge in [-0.3, -0.25) is 0 Å². The second kappa shape index (κ2) is 6.51.